The molecule has 1 aliphatic carbocycles. The molecule has 16 nitrogen and oxygen atoms in total. The molecule has 5 aromatic rings. The first-order chi connectivity index (χ1) is 30.3. The standard InChI is InChI=1S/C47H50N10O6/c1-47(2)21-29-20-38-46(63)56(17-16-55(38)39(29)22-47)42-35(27-58)33(10-11-48-42)31-19-36(45(62)52(3)25-31)50-40-8-5-32(23-49-40)54-14-12-53(13-15-54)24-28-4-6-34-30(18-28)26-57(44(34)61)37-7-9-41(59)51-43(37)60/h4-6,8,10-11,18-20,23,25,37,58H,7,9,12-17,21-22,24,26-27H2,1-3H3,(H,49,50)(H,51,59,60). The van der Waals surface area contributed by atoms with E-state index in [9.17, 15) is 29.1 Å². The fourth-order valence-corrected chi connectivity index (χ4v) is 10.1. The molecule has 0 saturated carbocycles. The lowest BCUT2D eigenvalue weighted by Crippen LogP contribution is -2.52. The molecule has 8 heterocycles. The number of aliphatic hydroxyl groups is 1. The van der Waals surface area contributed by atoms with E-state index in [1.807, 2.05) is 30.3 Å². The number of benzene rings is 1. The van der Waals surface area contributed by atoms with E-state index in [0.717, 1.165) is 62.4 Å². The molecule has 0 radical (unpaired) electrons. The number of carbonyl (C=O) groups is 4. The molecule has 0 bridgehead atoms. The van der Waals surface area contributed by atoms with Gasteiger partial charge in [0.25, 0.3) is 17.4 Å². The van der Waals surface area contributed by atoms with Crippen molar-refractivity contribution < 1.29 is 24.3 Å². The van der Waals surface area contributed by atoms with Crippen LogP contribution in [-0.2, 0) is 55.7 Å². The average molecular weight is 851 g/mol. The van der Waals surface area contributed by atoms with Gasteiger partial charge in [0.1, 0.15) is 29.1 Å². The Hall–Kier alpha value is -6.65. The summed E-state index contributed by atoms with van der Waals surface area (Å²) in [7, 11) is 1.68. The maximum absolute atomic E-state index is 14.0. The Morgan fingerprint density at radius 1 is 0.873 bits per heavy atom. The predicted molar refractivity (Wildman–Crippen MR) is 236 cm³/mol. The number of amides is 4. The third-order valence-electron chi connectivity index (χ3n) is 13.3. The van der Waals surface area contributed by atoms with Crippen molar-refractivity contribution in [1.29, 1.82) is 0 Å². The summed E-state index contributed by atoms with van der Waals surface area (Å²) in [6.45, 7) is 9.58. The van der Waals surface area contributed by atoms with Gasteiger partial charge in [0, 0.05) is 101 Å². The number of rotatable bonds is 9. The second-order valence-electron chi connectivity index (χ2n) is 18.2. The maximum Gasteiger partial charge on any atom is 0.276 e. The molecule has 10 rings (SSSR count). The largest absolute Gasteiger partial charge is 0.392 e. The molecule has 63 heavy (non-hydrogen) atoms. The molecule has 16 heteroatoms. The first-order valence-corrected chi connectivity index (χ1v) is 21.6. The summed E-state index contributed by atoms with van der Waals surface area (Å²) in [6.07, 6.45) is 7.61. The number of piperidine rings is 1. The molecule has 4 amide bonds. The van der Waals surface area contributed by atoms with Gasteiger partial charge in [-0.2, -0.15) is 0 Å². The molecule has 4 aromatic heterocycles. The van der Waals surface area contributed by atoms with Crippen LogP contribution in [0.1, 0.15) is 75.5 Å². The van der Waals surface area contributed by atoms with Crippen molar-refractivity contribution in [2.75, 3.05) is 47.8 Å². The highest BCUT2D eigenvalue weighted by Gasteiger charge is 2.40. The normalized spacial score (nSPS) is 19.6. The molecular formula is C47H50N10O6. The SMILES string of the molecule is Cn1cc(-c2ccnc(N3CCn4c(cc5c4CC(C)(C)C5)C3=O)c2CO)cc(Nc2ccc(N3CCN(Cc4ccc5c(c4)CN(C4CCC(=O)NC4=O)C5=O)CC3)cn2)c1=O. The second-order valence-corrected chi connectivity index (χ2v) is 18.2. The van der Waals surface area contributed by atoms with Gasteiger partial charge in [0.2, 0.25) is 11.8 Å². The van der Waals surface area contributed by atoms with Crippen molar-refractivity contribution in [2.45, 2.75) is 71.8 Å². The summed E-state index contributed by atoms with van der Waals surface area (Å²) >= 11 is 0. The number of anilines is 4. The van der Waals surface area contributed by atoms with E-state index in [4.69, 9.17) is 0 Å². The zero-order chi connectivity index (χ0) is 43.7. The van der Waals surface area contributed by atoms with E-state index in [1.54, 1.807) is 47.6 Å². The molecular weight excluding hydrogens is 801 g/mol. The summed E-state index contributed by atoms with van der Waals surface area (Å²) in [5.41, 5.74) is 8.83. The highest BCUT2D eigenvalue weighted by Crippen LogP contribution is 2.40. The summed E-state index contributed by atoms with van der Waals surface area (Å²) < 4.78 is 3.65. The number of carbonyl (C=O) groups excluding carboxylic acids is 4. The lowest BCUT2D eigenvalue weighted by atomic mass is 9.90. The zero-order valence-corrected chi connectivity index (χ0v) is 35.7. The number of pyridine rings is 3. The maximum atomic E-state index is 14.0. The second kappa shape index (κ2) is 15.6. The summed E-state index contributed by atoms with van der Waals surface area (Å²) in [6, 6.07) is 14.7. The fraction of sp³-hybridized carbons (Fsp3) is 0.383. The van der Waals surface area contributed by atoms with Crippen LogP contribution >= 0.6 is 0 Å². The van der Waals surface area contributed by atoms with Gasteiger partial charge in [-0.15, -0.1) is 0 Å². The van der Waals surface area contributed by atoms with Gasteiger partial charge >= 0.3 is 0 Å². The lowest BCUT2D eigenvalue weighted by Gasteiger charge is -2.36. The number of nitrogens with zero attached hydrogens (tertiary/aromatic N) is 8. The predicted octanol–water partition coefficient (Wildman–Crippen LogP) is 3.75. The van der Waals surface area contributed by atoms with Crippen LogP contribution in [0.2, 0.25) is 0 Å². The Bertz CT molecular complexity index is 2770. The van der Waals surface area contributed by atoms with Gasteiger partial charge in [0.05, 0.1) is 18.5 Å². The minimum Gasteiger partial charge on any atom is -0.392 e. The molecule has 3 N–H and O–H groups in total. The molecule has 2 saturated heterocycles. The molecule has 4 aliphatic heterocycles. The Morgan fingerprint density at radius 2 is 1.70 bits per heavy atom. The molecule has 5 aliphatic rings. The molecule has 1 atom stereocenters. The topological polar surface area (TPSA) is 178 Å². The fourth-order valence-electron chi connectivity index (χ4n) is 10.1. The van der Waals surface area contributed by atoms with Crippen LogP contribution < -0.4 is 26.0 Å². The van der Waals surface area contributed by atoms with Crippen LogP contribution in [0.3, 0.4) is 0 Å². The molecule has 324 valence electrons. The lowest BCUT2D eigenvalue weighted by molar-refractivity contribution is -0.136. The molecule has 1 unspecified atom stereocenters. The van der Waals surface area contributed by atoms with Crippen molar-refractivity contribution in [3.63, 3.8) is 0 Å². The highest BCUT2D eigenvalue weighted by atomic mass is 16.3. The van der Waals surface area contributed by atoms with Gasteiger partial charge in [-0.25, -0.2) is 9.97 Å². The Balaban J connectivity index is 0.787. The van der Waals surface area contributed by atoms with E-state index in [2.05, 4.69) is 54.9 Å². The van der Waals surface area contributed by atoms with E-state index in [0.29, 0.717) is 71.3 Å². The van der Waals surface area contributed by atoms with Crippen LogP contribution in [0.15, 0.2) is 71.9 Å². The minimum atomic E-state index is -0.631. The van der Waals surface area contributed by atoms with Crippen molar-refractivity contribution >= 4 is 46.6 Å². The number of aryl methyl sites for hydroxylation is 1. The smallest absolute Gasteiger partial charge is 0.276 e. The molecule has 2 fully saturated rings. The van der Waals surface area contributed by atoms with Crippen molar-refractivity contribution in [1.82, 2.24) is 34.2 Å². The van der Waals surface area contributed by atoms with E-state index >= 15 is 0 Å². The van der Waals surface area contributed by atoms with Crippen LogP contribution in [0, 0.1) is 5.41 Å². The minimum absolute atomic E-state index is 0.135. The summed E-state index contributed by atoms with van der Waals surface area (Å²) in [4.78, 5) is 81.8. The van der Waals surface area contributed by atoms with Crippen LogP contribution in [0.25, 0.3) is 11.1 Å². The number of hydrogen-bond donors (Lipinski definition) is 3. The number of aromatic nitrogens is 4. The van der Waals surface area contributed by atoms with E-state index in [1.165, 1.54) is 15.8 Å². The van der Waals surface area contributed by atoms with Crippen molar-refractivity contribution in [2.24, 2.45) is 12.5 Å². The molecule has 1 aromatic carbocycles. The zero-order valence-electron chi connectivity index (χ0n) is 35.7. The summed E-state index contributed by atoms with van der Waals surface area (Å²) in [5.74, 6) is -0.0926. The van der Waals surface area contributed by atoms with Gasteiger partial charge in [-0.3, -0.25) is 39.1 Å². The summed E-state index contributed by atoms with van der Waals surface area (Å²) in [5, 5.41) is 16.3. The quantitative estimate of drug-likeness (QED) is 0.184. The highest BCUT2D eigenvalue weighted by molar-refractivity contribution is 6.07. The Labute approximate surface area is 364 Å². The van der Waals surface area contributed by atoms with E-state index < -0.39 is 11.9 Å². The third kappa shape index (κ3) is 7.36. The van der Waals surface area contributed by atoms with Gasteiger partial charge in [-0.05, 0) is 83.3 Å². The Kier molecular flexibility index (Phi) is 10.0. The number of hydrogen-bond acceptors (Lipinski definition) is 11. The number of piperazine rings is 1. The Morgan fingerprint density at radius 3 is 2.46 bits per heavy atom. The van der Waals surface area contributed by atoms with Crippen molar-refractivity contribution in [3.05, 3.63) is 117 Å². The first kappa shape index (κ1) is 40.4. The monoisotopic (exact) mass is 850 g/mol. The van der Waals surface area contributed by atoms with Gasteiger partial charge in [-0.1, -0.05) is 26.0 Å². The van der Waals surface area contributed by atoms with E-state index in [-0.39, 0.29) is 41.7 Å². The molecule has 0 spiro atoms. The van der Waals surface area contributed by atoms with Gasteiger partial charge < -0.3 is 29.4 Å². The van der Waals surface area contributed by atoms with Crippen molar-refractivity contribution in [3.8, 4) is 11.1 Å². The van der Waals surface area contributed by atoms with Crippen LogP contribution in [-0.4, -0.2) is 96.4 Å². The van der Waals surface area contributed by atoms with Crippen LogP contribution in [0.5, 0.6) is 0 Å². The number of imide groups is 1. The third-order valence-corrected chi connectivity index (χ3v) is 13.3. The number of nitrogens with one attached hydrogen (secondary N) is 2. The average Bonchev–Trinajstić information content (AvgIpc) is 3.89. The van der Waals surface area contributed by atoms with Gasteiger partial charge in [0.15, 0.2) is 0 Å². The van der Waals surface area contributed by atoms with Crippen LogP contribution in [0.4, 0.5) is 23.0 Å². The number of fused-ring (bicyclic) bond motifs is 4. The first-order valence-electron chi connectivity index (χ1n) is 21.6. The number of aliphatic hydroxyl groups excluding tert-OH is 1.